The maximum absolute atomic E-state index is 12.8. The Hall–Kier alpha value is -2.19. The molecular weight excluding hydrogens is 376 g/mol. The maximum atomic E-state index is 12.8. The lowest BCUT2D eigenvalue weighted by atomic mass is 10.1. The highest BCUT2D eigenvalue weighted by Gasteiger charge is 2.32. The van der Waals surface area contributed by atoms with Crippen LogP contribution >= 0.6 is 0 Å². The molecule has 1 aromatic carbocycles. The van der Waals surface area contributed by atoms with Crippen LogP contribution in [0.15, 0.2) is 29.2 Å². The van der Waals surface area contributed by atoms with Crippen molar-refractivity contribution in [3.63, 3.8) is 0 Å². The molecule has 0 bridgehead atoms. The lowest BCUT2D eigenvalue weighted by Gasteiger charge is -2.22. The number of benzene rings is 1. The van der Waals surface area contributed by atoms with Crippen LogP contribution in [0.25, 0.3) is 0 Å². The standard InChI is InChI=1S/C20H28N4O3S/c1-13-7-10-15(11-18(13)28(26,27)23(5)6)21-19(25)16-12-17(14-8-9-14)24(22-16)20(2,3)4/h7,10-12,14H,8-9H2,1-6H3,(H,21,25). The van der Waals surface area contributed by atoms with Crippen molar-refractivity contribution in [3.8, 4) is 0 Å². The molecule has 1 amide bonds. The first kappa shape index (κ1) is 20.5. The Morgan fingerprint density at radius 2 is 1.86 bits per heavy atom. The van der Waals surface area contributed by atoms with Gasteiger partial charge in [0.05, 0.1) is 10.4 Å². The average molecular weight is 405 g/mol. The molecule has 7 nitrogen and oxygen atoms in total. The van der Waals surface area contributed by atoms with E-state index in [1.807, 2.05) is 10.7 Å². The van der Waals surface area contributed by atoms with Gasteiger partial charge in [0.1, 0.15) is 0 Å². The maximum Gasteiger partial charge on any atom is 0.276 e. The van der Waals surface area contributed by atoms with E-state index in [-0.39, 0.29) is 16.3 Å². The zero-order chi connectivity index (χ0) is 20.9. The number of rotatable bonds is 5. The number of hydrogen-bond donors (Lipinski definition) is 1. The molecule has 0 saturated heterocycles. The quantitative estimate of drug-likeness (QED) is 0.828. The van der Waals surface area contributed by atoms with Crippen molar-refractivity contribution in [1.29, 1.82) is 0 Å². The molecule has 1 fully saturated rings. The molecule has 3 rings (SSSR count). The van der Waals surface area contributed by atoms with Crippen LogP contribution in [-0.4, -0.2) is 42.5 Å². The van der Waals surface area contributed by atoms with Gasteiger partial charge in [-0.15, -0.1) is 0 Å². The van der Waals surface area contributed by atoms with Crippen molar-refractivity contribution in [2.45, 2.75) is 56.9 Å². The van der Waals surface area contributed by atoms with E-state index in [2.05, 4.69) is 31.2 Å². The highest BCUT2D eigenvalue weighted by molar-refractivity contribution is 7.89. The first-order valence-electron chi connectivity index (χ1n) is 9.36. The fraction of sp³-hybridized carbons (Fsp3) is 0.500. The largest absolute Gasteiger partial charge is 0.321 e. The fourth-order valence-electron chi connectivity index (χ4n) is 3.06. The van der Waals surface area contributed by atoms with E-state index in [1.165, 1.54) is 20.2 Å². The Labute approximate surface area is 166 Å². The van der Waals surface area contributed by atoms with Crippen molar-refractivity contribution in [2.75, 3.05) is 19.4 Å². The number of nitrogens with zero attached hydrogens (tertiary/aromatic N) is 3. The molecule has 152 valence electrons. The summed E-state index contributed by atoms with van der Waals surface area (Å²) in [5.74, 6) is 0.117. The second-order valence-corrected chi connectivity index (χ2v) is 10.7. The van der Waals surface area contributed by atoms with E-state index in [0.717, 1.165) is 22.8 Å². The molecule has 0 radical (unpaired) electrons. The van der Waals surface area contributed by atoms with Crippen molar-refractivity contribution in [1.82, 2.24) is 14.1 Å². The Morgan fingerprint density at radius 1 is 1.21 bits per heavy atom. The van der Waals surface area contributed by atoms with E-state index in [1.54, 1.807) is 19.1 Å². The van der Waals surface area contributed by atoms with Crippen LogP contribution in [0, 0.1) is 6.92 Å². The minimum absolute atomic E-state index is 0.175. The third kappa shape index (κ3) is 3.98. The van der Waals surface area contributed by atoms with Crippen LogP contribution in [-0.2, 0) is 15.6 Å². The van der Waals surface area contributed by atoms with Crippen molar-refractivity contribution >= 4 is 21.6 Å². The van der Waals surface area contributed by atoms with E-state index in [0.29, 0.717) is 22.9 Å². The van der Waals surface area contributed by atoms with Crippen LogP contribution in [0.5, 0.6) is 0 Å². The Morgan fingerprint density at radius 3 is 2.39 bits per heavy atom. The zero-order valence-corrected chi connectivity index (χ0v) is 18.1. The van der Waals surface area contributed by atoms with Gasteiger partial charge in [-0.2, -0.15) is 5.10 Å². The molecule has 0 unspecified atom stereocenters. The minimum atomic E-state index is -3.59. The molecular formula is C20H28N4O3S. The van der Waals surface area contributed by atoms with Crippen LogP contribution in [0.1, 0.15) is 61.3 Å². The van der Waals surface area contributed by atoms with Crippen LogP contribution in [0.4, 0.5) is 5.69 Å². The summed E-state index contributed by atoms with van der Waals surface area (Å²) in [5, 5.41) is 7.32. The molecule has 1 aromatic heterocycles. The number of aryl methyl sites for hydroxylation is 1. The van der Waals surface area contributed by atoms with Crippen LogP contribution < -0.4 is 5.32 Å². The van der Waals surface area contributed by atoms with Crippen LogP contribution in [0.2, 0.25) is 0 Å². The lowest BCUT2D eigenvalue weighted by molar-refractivity contribution is 0.102. The van der Waals surface area contributed by atoms with Gasteiger partial charge in [-0.3, -0.25) is 9.48 Å². The van der Waals surface area contributed by atoms with Gasteiger partial charge in [-0.1, -0.05) is 6.07 Å². The summed E-state index contributed by atoms with van der Waals surface area (Å²) in [4.78, 5) is 13.0. The topological polar surface area (TPSA) is 84.3 Å². The van der Waals surface area contributed by atoms with Gasteiger partial charge in [0.2, 0.25) is 10.0 Å². The van der Waals surface area contributed by atoms with Gasteiger partial charge in [-0.25, -0.2) is 12.7 Å². The zero-order valence-electron chi connectivity index (χ0n) is 17.3. The van der Waals surface area contributed by atoms with Crippen molar-refractivity contribution < 1.29 is 13.2 Å². The molecule has 1 aliphatic rings. The molecule has 1 aliphatic carbocycles. The summed E-state index contributed by atoms with van der Waals surface area (Å²) < 4.78 is 28.1. The molecule has 1 N–H and O–H groups in total. The first-order valence-corrected chi connectivity index (χ1v) is 10.8. The summed E-state index contributed by atoms with van der Waals surface area (Å²) in [6.45, 7) is 7.92. The minimum Gasteiger partial charge on any atom is -0.321 e. The van der Waals surface area contributed by atoms with Gasteiger partial charge >= 0.3 is 0 Å². The summed E-state index contributed by atoms with van der Waals surface area (Å²) in [6.07, 6.45) is 2.24. The summed E-state index contributed by atoms with van der Waals surface area (Å²) >= 11 is 0. The first-order chi connectivity index (χ1) is 12.9. The second-order valence-electron chi connectivity index (χ2n) is 8.53. The second kappa shape index (κ2) is 7.00. The normalized spacial score (nSPS) is 15.1. The number of nitrogens with one attached hydrogen (secondary N) is 1. The fourth-order valence-corrected chi connectivity index (χ4v) is 4.21. The van der Waals surface area contributed by atoms with Crippen LogP contribution in [0.3, 0.4) is 0 Å². The Bertz CT molecular complexity index is 1010. The van der Waals surface area contributed by atoms with Crippen molar-refractivity contribution in [2.24, 2.45) is 0 Å². The van der Waals surface area contributed by atoms with E-state index >= 15 is 0 Å². The molecule has 28 heavy (non-hydrogen) atoms. The lowest BCUT2D eigenvalue weighted by Crippen LogP contribution is -2.26. The average Bonchev–Trinajstić information content (AvgIpc) is 3.32. The van der Waals surface area contributed by atoms with Gasteiger partial charge in [0, 0.05) is 31.4 Å². The summed E-state index contributed by atoms with van der Waals surface area (Å²) in [5.41, 5.74) is 2.26. The van der Waals surface area contributed by atoms with E-state index in [4.69, 9.17) is 0 Å². The molecule has 0 spiro atoms. The van der Waals surface area contributed by atoms with Gasteiger partial charge in [0.25, 0.3) is 5.91 Å². The summed E-state index contributed by atoms with van der Waals surface area (Å²) in [7, 11) is -0.624. The van der Waals surface area contributed by atoms with E-state index < -0.39 is 10.0 Å². The number of aromatic nitrogens is 2. The molecule has 1 saturated carbocycles. The van der Waals surface area contributed by atoms with Gasteiger partial charge in [-0.05, 0) is 64.3 Å². The monoisotopic (exact) mass is 404 g/mol. The third-order valence-electron chi connectivity index (χ3n) is 4.81. The summed E-state index contributed by atoms with van der Waals surface area (Å²) in [6, 6.07) is 6.73. The molecule has 8 heteroatoms. The number of carbonyl (C=O) groups is 1. The number of sulfonamides is 1. The Balaban J connectivity index is 1.90. The smallest absolute Gasteiger partial charge is 0.276 e. The number of carbonyl (C=O) groups excluding carboxylic acids is 1. The molecule has 0 aliphatic heterocycles. The van der Waals surface area contributed by atoms with E-state index in [9.17, 15) is 13.2 Å². The SMILES string of the molecule is Cc1ccc(NC(=O)c2cc(C3CC3)n(C(C)(C)C)n2)cc1S(=O)(=O)N(C)C. The highest BCUT2D eigenvalue weighted by atomic mass is 32.2. The molecule has 0 atom stereocenters. The number of hydrogen-bond acceptors (Lipinski definition) is 4. The molecule has 2 aromatic rings. The Kier molecular flexibility index (Phi) is 5.14. The highest BCUT2D eigenvalue weighted by Crippen LogP contribution is 2.41. The number of anilines is 1. The number of amides is 1. The predicted molar refractivity (Wildman–Crippen MR) is 109 cm³/mol. The predicted octanol–water partition coefficient (Wildman–Crippen LogP) is 3.33. The van der Waals surface area contributed by atoms with Gasteiger partial charge in [0.15, 0.2) is 5.69 Å². The van der Waals surface area contributed by atoms with Gasteiger partial charge < -0.3 is 5.32 Å². The van der Waals surface area contributed by atoms with Crippen molar-refractivity contribution in [3.05, 3.63) is 41.2 Å². The molecule has 1 heterocycles. The third-order valence-corrected chi connectivity index (χ3v) is 6.76.